The Balaban J connectivity index is 1.81. The van der Waals surface area contributed by atoms with Crippen LogP contribution in [-0.2, 0) is 16.4 Å². The standard InChI is InChI=1S/C17H18N2O3S2/c1-11-8-12(2)16-14(9-11)10-13(17(20)19-16)5-6-18-24(21,22)15-4-3-7-23-15/h3-4,7-10,18H,5-6H2,1-2H3,(H,19,20). The normalized spacial score (nSPS) is 11.9. The molecule has 0 saturated heterocycles. The van der Waals surface area contributed by atoms with Crippen LogP contribution in [0.25, 0.3) is 10.9 Å². The molecular weight excluding hydrogens is 344 g/mol. The van der Waals surface area contributed by atoms with Gasteiger partial charge in [0.1, 0.15) is 4.21 Å². The predicted octanol–water partition coefficient (Wildman–Crippen LogP) is 2.73. The molecule has 24 heavy (non-hydrogen) atoms. The molecule has 0 radical (unpaired) electrons. The van der Waals surface area contributed by atoms with Crippen LogP contribution in [0.15, 0.2) is 44.7 Å². The summed E-state index contributed by atoms with van der Waals surface area (Å²) in [5, 5.41) is 2.68. The van der Waals surface area contributed by atoms with Gasteiger partial charge in [-0.2, -0.15) is 0 Å². The van der Waals surface area contributed by atoms with Crippen molar-refractivity contribution < 1.29 is 8.42 Å². The summed E-state index contributed by atoms with van der Waals surface area (Å²) in [7, 11) is -3.50. The summed E-state index contributed by atoms with van der Waals surface area (Å²) in [6.07, 6.45) is 0.336. The van der Waals surface area contributed by atoms with Crippen molar-refractivity contribution in [1.29, 1.82) is 0 Å². The molecule has 0 spiro atoms. The lowest BCUT2D eigenvalue weighted by Crippen LogP contribution is -2.27. The first-order valence-corrected chi connectivity index (χ1v) is 9.89. The van der Waals surface area contributed by atoms with Crippen LogP contribution in [0.2, 0.25) is 0 Å². The first-order chi connectivity index (χ1) is 11.4. The molecule has 7 heteroatoms. The third-order valence-electron chi connectivity index (χ3n) is 3.82. The zero-order chi connectivity index (χ0) is 17.3. The monoisotopic (exact) mass is 362 g/mol. The maximum absolute atomic E-state index is 12.2. The number of hydrogen-bond acceptors (Lipinski definition) is 4. The highest BCUT2D eigenvalue weighted by atomic mass is 32.2. The average molecular weight is 362 g/mol. The molecule has 2 aromatic heterocycles. The molecule has 3 rings (SSSR count). The zero-order valence-corrected chi connectivity index (χ0v) is 15.1. The molecule has 2 heterocycles. The molecule has 0 aliphatic heterocycles. The number of H-pyrrole nitrogens is 1. The van der Waals surface area contributed by atoms with Gasteiger partial charge in [0.15, 0.2) is 0 Å². The minimum absolute atomic E-state index is 0.176. The molecule has 2 N–H and O–H groups in total. The van der Waals surface area contributed by atoms with Gasteiger partial charge >= 0.3 is 0 Å². The summed E-state index contributed by atoms with van der Waals surface area (Å²) in [6, 6.07) is 9.12. The van der Waals surface area contributed by atoms with Crippen molar-refractivity contribution in [3.05, 3.63) is 62.8 Å². The van der Waals surface area contributed by atoms with Gasteiger partial charge in [0, 0.05) is 12.1 Å². The third-order valence-corrected chi connectivity index (χ3v) is 6.68. The Kier molecular flexibility index (Phi) is 4.58. The molecule has 0 fully saturated rings. The van der Waals surface area contributed by atoms with E-state index in [1.54, 1.807) is 17.5 Å². The number of aromatic nitrogens is 1. The Morgan fingerprint density at radius 2 is 2.00 bits per heavy atom. The number of hydrogen-bond donors (Lipinski definition) is 2. The predicted molar refractivity (Wildman–Crippen MR) is 97.3 cm³/mol. The van der Waals surface area contributed by atoms with E-state index < -0.39 is 10.0 Å². The molecule has 5 nitrogen and oxygen atoms in total. The zero-order valence-electron chi connectivity index (χ0n) is 13.4. The molecule has 126 valence electrons. The van der Waals surface area contributed by atoms with Gasteiger partial charge in [-0.3, -0.25) is 4.79 Å². The second kappa shape index (κ2) is 6.51. The van der Waals surface area contributed by atoms with E-state index in [1.165, 1.54) is 11.3 Å². The SMILES string of the molecule is Cc1cc(C)c2[nH]c(=O)c(CCNS(=O)(=O)c3cccs3)cc2c1. The Hall–Kier alpha value is -1.96. The van der Waals surface area contributed by atoms with Crippen LogP contribution in [0.3, 0.4) is 0 Å². The lowest BCUT2D eigenvalue weighted by atomic mass is 10.0. The van der Waals surface area contributed by atoms with E-state index in [2.05, 4.69) is 9.71 Å². The van der Waals surface area contributed by atoms with Crippen LogP contribution in [0.5, 0.6) is 0 Å². The highest BCUT2D eigenvalue weighted by molar-refractivity contribution is 7.91. The third kappa shape index (κ3) is 3.43. The molecular formula is C17H18N2O3S2. The smallest absolute Gasteiger partial charge is 0.251 e. The fourth-order valence-electron chi connectivity index (χ4n) is 2.73. The summed E-state index contributed by atoms with van der Waals surface area (Å²) in [6.45, 7) is 4.14. The van der Waals surface area contributed by atoms with Crippen LogP contribution in [0.4, 0.5) is 0 Å². The van der Waals surface area contributed by atoms with Crippen molar-refractivity contribution in [2.75, 3.05) is 6.54 Å². The first-order valence-electron chi connectivity index (χ1n) is 7.53. The van der Waals surface area contributed by atoms with Gasteiger partial charge in [-0.15, -0.1) is 11.3 Å². The minimum Gasteiger partial charge on any atom is -0.321 e. The Morgan fingerprint density at radius 1 is 1.21 bits per heavy atom. The van der Waals surface area contributed by atoms with Gasteiger partial charge in [-0.1, -0.05) is 17.7 Å². The van der Waals surface area contributed by atoms with Crippen molar-refractivity contribution in [2.24, 2.45) is 0 Å². The Bertz CT molecular complexity index is 1040. The van der Waals surface area contributed by atoms with E-state index in [9.17, 15) is 13.2 Å². The van der Waals surface area contributed by atoms with E-state index in [0.29, 0.717) is 12.0 Å². The van der Waals surface area contributed by atoms with Gasteiger partial charge in [0.25, 0.3) is 5.56 Å². The molecule has 0 unspecified atom stereocenters. The number of thiophene rings is 1. The van der Waals surface area contributed by atoms with Gasteiger partial charge < -0.3 is 4.98 Å². The van der Waals surface area contributed by atoms with Crippen molar-refractivity contribution in [3.8, 4) is 0 Å². The van der Waals surface area contributed by atoms with E-state index in [1.807, 2.05) is 32.0 Å². The van der Waals surface area contributed by atoms with Gasteiger partial charge in [0.2, 0.25) is 10.0 Å². The van der Waals surface area contributed by atoms with Crippen LogP contribution >= 0.6 is 11.3 Å². The summed E-state index contributed by atoms with van der Waals surface area (Å²) in [5.74, 6) is 0. The average Bonchev–Trinajstić information content (AvgIpc) is 3.04. The van der Waals surface area contributed by atoms with Crippen LogP contribution in [0, 0.1) is 13.8 Å². The maximum Gasteiger partial charge on any atom is 0.251 e. The van der Waals surface area contributed by atoms with E-state index in [-0.39, 0.29) is 16.3 Å². The summed E-state index contributed by atoms with van der Waals surface area (Å²) in [5.41, 5.74) is 3.36. The number of rotatable bonds is 5. The molecule has 0 amide bonds. The van der Waals surface area contributed by atoms with Crippen molar-refractivity contribution in [2.45, 2.75) is 24.5 Å². The molecule has 0 saturated carbocycles. The highest BCUT2D eigenvalue weighted by Gasteiger charge is 2.14. The largest absolute Gasteiger partial charge is 0.321 e. The molecule has 1 aromatic carbocycles. The Morgan fingerprint density at radius 3 is 2.71 bits per heavy atom. The number of nitrogens with one attached hydrogen (secondary N) is 2. The summed E-state index contributed by atoms with van der Waals surface area (Å²) in [4.78, 5) is 15.1. The second-order valence-electron chi connectivity index (χ2n) is 5.75. The highest BCUT2D eigenvalue weighted by Crippen LogP contribution is 2.18. The molecule has 0 bridgehead atoms. The van der Waals surface area contributed by atoms with Gasteiger partial charge in [-0.05, 0) is 54.8 Å². The maximum atomic E-state index is 12.2. The second-order valence-corrected chi connectivity index (χ2v) is 8.69. The molecule has 0 atom stereocenters. The fourth-order valence-corrected chi connectivity index (χ4v) is 4.79. The number of aromatic amines is 1. The molecule has 0 aliphatic carbocycles. The van der Waals surface area contributed by atoms with Crippen LogP contribution in [-0.4, -0.2) is 19.9 Å². The summed E-state index contributed by atoms with van der Waals surface area (Å²) >= 11 is 1.17. The van der Waals surface area contributed by atoms with Crippen molar-refractivity contribution in [3.63, 3.8) is 0 Å². The Labute approximate surface area is 144 Å². The van der Waals surface area contributed by atoms with E-state index in [4.69, 9.17) is 0 Å². The summed E-state index contributed by atoms with van der Waals surface area (Å²) < 4.78 is 27.0. The molecule has 3 aromatic rings. The number of pyridine rings is 1. The first kappa shape index (κ1) is 16.9. The lowest BCUT2D eigenvalue weighted by Gasteiger charge is -2.08. The quantitative estimate of drug-likeness (QED) is 0.732. The van der Waals surface area contributed by atoms with Gasteiger partial charge in [0.05, 0.1) is 5.52 Å². The molecule has 0 aliphatic rings. The van der Waals surface area contributed by atoms with E-state index >= 15 is 0 Å². The van der Waals surface area contributed by atoms with Gasteiger partial charge in [-0.25, -0.2) is 13.1 Å². The minimum atomic E-state index is -3.50. The topological polar surface area (TPSA) is 79.0 Å². The van der Waals surface area contributed by atoms with Crippen molar-refractivity contribution in [1.82, 2.24) is 9.71 Å². The lowest BCUT2D eigenvalue weighted by molar-refractivity contribution is 0.583. The van der Waals surface area contributed by atoms with Crippen molar-refractivity contribution >= 4 is 32.3 Å². The number of sulfonamides is 1. The fraction of sp³-hybridized carbons (Fsp3) is 0.235. The van der Waals surface area contributed by atoms with E-state index in [0.717, 1.165) is 22.0 Å². The number of benzene rings is 1. The number of fused-ring (bicyclic) bond motifs is 1. The number of aryl methyl sites for hydroxylation is 2. The van der Waals surface area contributed by atoms with Crippen LogP contribution < -0.4 is 10.3 Å². The van der Waals surface area contributed by atoms with Crippen LogP contribution in [0.1, 0.15) is 16.7 Å².